The molecule has 1 aliphatic heterocycles. The van der Waals surface area contributed by atoms with Crippen molar-refractivity contribution >= 4 is 5.91 Å². The lowest BCUT2D eigenvalue weighted by molar-refractivity contribution is -0.0981. The Morgan fingerprint density at radius 1 is 1.41 bits per heavy atom. The van der Waals surface area contributed by atoms with Gasteiger partial charge in [0.05, 0.1) is 24.4 Å². The van der Waals surface area contributed by atoms with Gasteiger partial charge < -0.3 is 14.4 Å². The van der Waals surface area contributed by atoms with E-state index in [1.165, 1.54) is 0 Å². The summed E-state index contributed by atoms with van der Waals surface area (Å²) in [7, 11) is 0. The summed E-state index contributed by atoms with van der Waals surface area (Å²) in [5, 5.41) is 0. The molecule has 1 aliphatic rings. The maximum absolute atomic E-state index is 12.7. The minimum absolute atomic E-state index is 0.0489. The maximum atomic E-state index is 12.7. The highest BCUT2D eigenvalue weighted by Crippen LogP contribution is 2.23. The highest BCUT2D eigenvalue weighted by molar-refractivity contribution is 5.92. The van der Waals surface area contributed by atoms with Crippen molar-refractivity contribution in [1.29, 1.82) is 0 Å². The Morgan fingerprint density at radius 2 is 2.09 bits per heavy atom. The summed E-state index contributed by atoms with van der Waals surface area (Å²) in [6.45, 7) is 13.0. The van der Waals surface area contributed by atoms with Gasteiger partial charge >= 0.3 is 0 Å². The number of amides is 1. The molecule has 22 heavy (non-hydrogen) atoms. The molecule has 0 unspecified atom stereocenters. The van der Waals surface area contributed by atoms with Crippen LogP contribution < -0.4 is 4.74 Å². The Labute approximate surface area is 132 Å². The van der Waals surface area contributed by atoms with Crippen molar-refractivity contribution in [2.24, 2.45) is 0 Å². The van der Waals surface area contributed by atoms with Crippen molar-refractivity contribution in [3.8, 4) is 5.75 Å². The number of aromatic nitrogens is 1. The molecule has 0 aliphatic carbocycles. The molecule has 1 saturated heterocycles. The third kappa shape index (κ3) is 4.19. The highest BCUT2D eigenvalue weighted by atomic mass is 16.5. The summed E-state index contributed by atoms with van der Waals surface area (Å²) in [5.74, 6) is 0.602. The van der Waals surface area contributed by atoms with Crippen LogP contribution >= 0.6 is 0 Å². The standard InChI is InChI=1S/C17H26N2O3/c1-12-10-21-17(5,6)11-19(12)15(20)14-8-7-13(9-18-14)22-16(2,3)4/h7-9,12H,10-11H2,1-6H3/t12-/m0/s1. The molecule has 0 radical (unpaired) electrons. The van der Waals surface area contributed by atoms with Gasteiger partial charge in [-0.15, -0.1) is 0 Å². The lowest BCUT2D eigenvalue weighted by Gasteiger charge is -2.42. The molecule has 1 aromatic rings. The van der Waals surface area contributed by atoms with Crippen LogP contribution in [-0.2, 0) is 4.74 Å². The predicted octanol–water partition coefficient (Wildman–Crippen LogP) is 2.90. The van der Waals surface area contributed by atoms with Crippen LogP contribution in [0.3, 0.4) is 0 Å². The van der Waals surface area contributed by atoms with Crippen molar-refractivity contribution in [1.82, 2.24) is 9.88 Å². The number of hydrogen-bond acceptors (Lipinski definition) is 4. The van der Waals surface area contributed by atoms with Gasteiger partial charge in [0, 0.05) is 6.54 Å². The zero-order valence-electron chi connectivity index (χ0n) is 14.3. The number of ether oxygens (including phenoxy) is 2. The molecule has 0 N–H and O–H groups in total. The van der Waals surface area contributed by atoms with Crippen molar-refractivity contribution in [2.75, 3.05) is 13.2 Å². The van der Waals surface area contributed by atoms with Gasteiger partial charge in [-0.05, 0) is 53.7 Å². The Kier molecular flexibility index (Phi) is 4.47. The van der Waals surface area contributed by atoms with E-state index in [0.717, 1.165) is 0 Å². The first kappa shape index (κ1) is 16.7. The molecule has 0 saturated carbocycles. The van der Waals surface area contributed by atoms with Crippen LogP contribution in [0.15, 0.2) is 18.3 Å². The Bertz CT molecular complexity index is 532. The normalized spacial score (nSPS) is 21.5. The van der Waals surface area contributed by atoms with E-state index >= 15 is 0 Å². The smallest absolute Gasteiger partial charge is 0.272 e. The van der Waals surface area contributed by atoms with Crippen molar-refractivity contribution < 1.29 is 14.3 Å². The van der Waals surface area contributed by atoms with Gasteiger partial charge in [0.2, 0.25) is 0 Å². The van der Waals surface area contributed by atoms with Crippen LogP contribution in [-0.4, -0.2) is 46.2 Å². The fourth-order valence-corrected chi connectivity index (χ4v) is 2.39. The van der Waals surface area contributed by atoms with E-state index in [0.29, 0.717) is 24.6 Å². The third-order valence-corrected chi connectivity index (χ3v) is 3.44. The second kappa shape index (κ2) is 5.88. The van der Waals surface area contributed by atoms with Crippen LogP contribution in [0.5, 0.6) is 5.75 Å². The van der Waals surface area contributed by atoms with Gasteiger partial charge in [0.15, 0.2) is 0 Å². The van der Waals surface area contributed by atoms with Crippen LogP contribution in [0, 0.1) is 0 Å². The van der Waals surface area contributed by atoms with Gasteiger partial charge in [0.25, 0.3) is 5.91 Å². The first-order valence-electron chi connectivity index (χ1n) is 7.67. The van der Waals surface area contributed by atoms with E-state index in [4.69, 9.17) is 9.47 Å². The molecule has 0 spiro atoms. The summed E-state index contributed by atoms with van der Waals surface area (Å²) < 4.78 is 11.5. The summed E-state index contributed by atoms with van der Waals surface area (Å²) >= 11 is 0. The second-order valence-corrected chi connectivity index (χ2v) is 7.45. The lowest BCUT2D eigenvalue weighted by atomic mass is 10.0. The molecule has 1 aromatic heterocycles. The number of hydrogen-bond donors (Lipinski definition) is 0. The van der Waals surface area contributed by atoms with E-state index in [2.05, 4.69) is 4.98 Å². The molecule has 5 heteroatoms. The molecule has 2 rings (SSSR count). The quantitative estimate of drug-likeness (QED) is 0.843. The fraction of sp³-hybridized carbons (Fsp3) is 0.647. The summed E-state index contributed by atoms with van der Waals surface area (Å²) in [6.07, 6.45) is 1.61. The molecular weight excluding hydrogens is 280 g/mol. The largest absolute Gasteiger partial charge is 0.487 e. The Morgan fingerprint density at radius 3 is 2.64 bits per heavy atom. The van der Waals surface area contributed by atoms with Gasteiger partial charge in [0.1, 0.15) is 17.0 Å². The minimum Gasteiger partial charge on any atom is -0.487 e. The van der Waals surface area contributed by atoms with E-state index in [1.54, 1.807) is 18.3 Å². The molecule has 1 fully saturated rings. The zero-order chi connectivity index (χ0) is 16.5. The molecule has 1 amide bonds. The second-order valence-electron chi connectivity index (χ2n) is 7.45. The topological polar surface area (TPSA) is 51.7 Å². The van der Waals surface area contributed by atoms with Crippen molar-refractivity contribution in [3.05, 3.63) is 24.0 Å². The molecule has 5 nitrogen and oxygen atoms in total. The van der Waals surface area contributed by atoms with Gasteiger partial charge in [-0.25, -0.2) is 4.98 Å². The number of nitrogens with zero attached hydrogens (tertiary/aromatic N) is 2. The van der Waals surface area contributed by atoms with Gasteiger partial charge in [-0.2, -0.15) is 0 Å². The molecule has 0 bridgehead atoms. The first-order chi connectivity index (χ1) is 10.1. The maximum Gasteiger partial charge on any atom is 0.272 e. The summed E-state index contributed by atoms with van der Waals surface area (Å²) in [4.78, 5) is 18.8. The zero-order valence-corrected chi connectivity index (χ0v) is 14.3. The minimum atomic E-state index is -0.322. The number of carbonyl (C=O) groups is 1. The summed E-state index contributed by atoms with van der Waals surface area (Å²) in [5.41, 5.74) is -0.168. The molecule has 1 atom stereocenters. The monoisotopic (exact) mass is 306 g/mol. The SMILES string of the molecule is C[C@H]1COC(C)(C)CN1C(=O)c1ccc(OC(C)(C)C)cn1. The van der Waals surface area contributed by atoms with E-state index in [1.807, 2.05) is 46.4 Å². The van der Waals surface area contributed by atoms with E-state index in [-0.39, 0.29) is 23.2 Å². The van der Waals surface area contributed by atoms with Crippen molar-refractivity contribution in [3.63, 3.8) is 0 Å². The molecule has 2 heterocycles. The number of pyridine rings is 1. The lowest BCUT2D eigenvalue weighted by Crippen LogP contribution is -2.55. The van der Waals surface area contributed by atoms with Crippen LogP contribution in [0.2, 0.25) is 0 Å². The fourth-order valence-electron chi connectivity index (χ4n) is 2.39. The predicted molar refractivity (Wildman–Crippen MR) is 85.1 cm³/mol. The van der Waals surface area contributed by atoms with Crippen molar-refractivity contribution in [2.45, 2.75) is 58.8 Å². The van der Waals surface area contributed by atoms with E-state index < -0.39 is 0 Å². The van der Waals surface area contributed by atoms with Gasteiger partial charge in [-0.3, -0.25) is 4.79 Å². The van der Waals surface area contributed by atoms with Crippen LogP contribution in [0.4, 0.5) is 0 Å². The molecule has 122 valence electrons. The third-order valence-electron chi connectivity index (χ3n) is 3.44. The average molecular weight is 306 g/mol. The number of carbonyl (C=O) groups excluding carboxylic acids is 1. The number of morpholine rings is 1. The van der Waals surface area contributed by atoms with E-state index in [9.17, 15) is 4.79 Å². The molecular formula is C17H26N2O3. The molecule has 0 aromatic carbocycles. The van der Waals surface area contributed by atoms with Gasteiger partial charge in [-0.1, -0.05) is 0 Å². The van der Waals surface area contributed by atoms with Crippen LogP contribution in [0.25, 0.3) is 0 Å². The Balaban J connectivity index is 2.12. The highest BCUT2D eigenvalue weighted by Gasteiger charge is 2.35. The number of rotatable bonds is 2. The summed E-state index contributed by atoms with van der Waals surface area (Å²) in [6, 6.07) is 3.56. The first-order valence-corrected chi connectivity index (χ1v) is 7.67. The van der Waals surface area contributed by atoms with Crippen LogP contribution in [0.1, 0.15) is 52.0 Å². The Hall–Kier alpha value is -1.62. The average Bonchev–Trinajstić information content (AvgIpc) is 2.40.